The molecule has 146 valence electrons. The lowest BCUT2D eigenvalue weighted by molar-refractivity contribution is -0.113. The Morgan fingerprint density at radius 3 is 2.29 bits per heavy atom. The van der Waals surface area contributed by atoms with Crippen LogP contribution in [0.25, 0.3) is 0 Å². The van der Waals surface area contributed by atoms with Crippen LogP contribution in [0.4, 0.5) is 5.69 Å². The van der Waals surface area contributed by atoms with Gasteiger partial charge in [-0.05, 0) is 13.8 Å². The first-order chi connectivity index (χ1) is 13.4. The van der Waals surface area contributed by atoms with Crippen molar-refractivity contribution in [1.29, 1.82) is 0 Å². The first kappa shape index (κ1) is 19.9. The number of amides is 1. The molecule has 0 bridgehead atoms. The van der Waals surface area contributed by atoms with Crippen molar-refractivity contribution in [2.45, 2.75) is 19.5 Å². The lowest BCUT2D eigenvalue weighted by atomic mass is 10.1. The molecule has 7 heteroatoms. The number of nitrogens with zero attached hydrogens (tertiary/aromatic N) is 2. The number of benzene rings is 2. The van der Waals surface area contributed by atoms with Crippen LogP contribution in [-0.2, 0) is 4.79 Å². The maximum atomic E-state index is 12.5. The molecule has 0 saturated carbocycles. The van der Waals surface area contributed by atoms with Crippen molar-refractivity contribution < 1.29 is 14.3 Å². The van der Waals surface area contributed by atoms with Crippen LogP contribution in [-0.4, -0.2) is 42.3 Å². The summed E-state index contributed by atoms with van der Waals surface area (Å²) in [6, 6.07) is 15.1. The van der Waals surface area contributed by atoms with Crippen LogP contribution < -0.4 is 14.8 Å². The summed E-state index contributed by atoms with van der Waals surface area (Å²) in [5.74, 6) is 1.31. The zero-order valence-corrected chi connectivity index (χ0v) is 17.2. The molecule has 2 aromatic rings. The zero-order valence-electron chi connectivity index (χ0n) is 16.4. The predicted molar refractivity (Wildman–Crippen MR) is 115 cm³/mol. The van der Waals surface area contributed by atoms with Gasteiger partial charge in [0.1, 0.15) is 22.2 Å². The summed E-state index contributed by atoms with van der Waals surface area (Å²) in [6.07, 6.45) is 0. The van der Waals surface area contributed by atoms with Gasteiger partial charge in [0.2, 0.25) is 5.91 Å². The van der Waals surface area contributed by atoms with E-state index in [2.05, 4.69) is 10.3 Å². The Bertz CT molecular complexity index is 901. The van der Waals surface area contributed by atoms with Gasteiger partial charge in [0.25, 0.3) is 0 Å². The summed E-state index contributed by atoms with van der Waals surface area (Å²) in [5.41, 5.74) is 1.92. The molecule has 0 fully saturated rings. The predicted octanol–water partition coefficient (Wildman–Crippen LogP) is 4.01. The lowest BCUT2D eigenvalue weighted by Crippen LogP contribution is -2.17. The van der Waals surface area contributed by atoms with Gasteiger partial charge in [-0.1, -0.05) is 42.1 Å². The highest BCUT2D eigenvalue weighted by atomic mass is 32.2. The van der Waals surface area contributed by atoms with Crippen molar-refractivity contribution in [3.05, 3.63) is 54.1 Å². The fourth-order valence-corrected chi connectivity index (χ4v) is 3.67. The molecule has 1 aliphatic heterocycles. The van der Waals surface area contributed by atoms with E-state index in [-0.39, 0.29) is 11.7 Å². The monoisotopic (exact) mass is 397 g/mol. The SMILES string of the molecule is COc1cc(NC(=O)CSC2=NC(C)(C)N=C2c2ccccc2)cc(OC)c1. The number of methoxy groups -OCH3 is 2. The Hall–Kier alpha value is -2.80. The highest BCUT2D eigenvalue weighted by Crippen LogP contribution is 2.28. The molecule has 0 aliphatic carbocycles. The third-order valence-corrected chi connectivity index (χ3v) is 4.95. The minimum Gasteiger partial charge on any atom is -0.497 e. The van der Waals surface area contributed by atoms with E-state index in [9.17, 15) is 4.79 Å². The Morgan fingerprint density at radius 2 is 1.68 bits per heavy atom. The molecule has 0 spiro atoms. The number of anilines is 1. The van der Waals surface area contributed by atoms with Crippen LogP contribution >= 0.6 is 11.8 Å². The molecule has 28 heavy (non-hydrogen) atoms. The summed E-state index contributed by atoms with van der Waals surface area (Å²) in [4.78, 5) is 21.8. The van der Waals surface area contributed by atoms with Crippen molar-refractivity contribution in [3.8, 4) is 11.5 Å². The average molecular weight is 398 g/mol. The topological polar surface area (TPSA) is 72.3 Å². The van der Waals surface area contributed by atoms with Gasteiger partial charge in [-0.15, -0.1) is 0 Å². The Labute approximate surface area is 169 Å². The first-order valence-corrected chi connectivity index (χ1v) is 9.80. The van der Waals surface area contributed by atoms with E-state index in [0.29, 0.717) is 17.2 Å². The summed E-state index contributed by atoms with van der Waals surface area (Å²) in [6.45, 7) is 3.90. The number of thioether (sulfide) groups is 1. The van der Waals surface area contributed by atoms with Gasteiger partial charge in [0, 0.05) is 29.4 Å². The Balaban J connectivity index is 1.68. The number of ether oxygens (including phenoxy) is 2. The number of carbonyl (C=O) groups excluding carboxylic acids is 1. The highest BCUT2D eigenvalue weighted by Gasteiger charge is 2.28. The van der Waals surface area contributed by atoms with Crippen LogP contribution in [0.2, 0.25) is 0 Å². The normalized spacial score (nSPS) is 14.9. The maximum absolute atomic E-state index is 12.5. The van der Waals surface area contributed by atoms with Gasteiger partial charge in [0.15, 0.2) is 0 Å². The number of carbonyl (C=O) groups is 1. The van der Waals surface area contributed by atoms with Gasteiger partial charge in [-0.2, -0.15) is 0 Å². The fourth-order valence-electron chi connectivity index (χ4n) is 2.74. The highest BCUT2D eigenvalue weighted by molar-refractivity contribution is 8.16. The smallest absolute Gasteiger partial charge is 0.234 e. The summed E-state index contributed by atoms with van der Waals surface area (Å²) >= 11 is 1.38. The minimum absolute atomic E-state index is 0.139. The standard InChI is InChI=1S/C21H23N3O3S/c1-21(2)23-19(14-8-6-5-7-9-14)20(24-21)28-13-18(25)22-15-10-16(26-3)12-17(11-15)27-4/h5-12H,13H2,1-4H3,(H,22,25). The minimum atomic E-state index is -0.524. The number of aliphatic imine (C=N–C) groups is 2. The van der Waals surface area contributed by atoms with Crippen molar-refractivity contribution in [2.75, 3.05) is 25.3 Å². The van der Waals surface area contributed by atoms with Gasteiger partial charge in [-0.25, -0.2) is 4.99 Å². The van der Waals surface area contributed by atoms with Crippen molar-refractivity contribution >= 4 is 34.1 Å². The first-order valence-electron chi connectivity index (χ1n) is 8.81. The van der Waals surface area contributed by atoms with E-state index in [1.165, 1.54) is 11.8 Å². The van der Waals surface area contributed by atoms with Crippen LogP contribution in [0.5, 0.6) is 11.5 Å². The van der Waals surface area contributed by atoms with Gasteiger partial charge >= 0.3 is 0 Å². The second-order valence-electron chi connectivity index (χ2n) is 6.68. The van der Waals surface area contributed by atoms with E-state index < -0.39 is 5.66 Å². The Morgan fingerprint density at radius 1 is 1.04 bits per heavy atom. The van der Waals surface area contributed by atoms with E-state index in [1.54, 1.807) is 32.4 Å². The molecule has 0 saturated heterocycles. The molecule has 0 aromatic heterocycles. The molecule has 1 heterocycles. The molecular formula is C21H23N3O3S. The molecular weight excluding hydrogens is 374 g/mol. The number of hydrogen-bond acceptors (Lipinski definition) is 6. The molecule has 1 N–H and O–H groups in total. The third-order valence-electron chi connectivity index (χ3n) is 3.99. The summed E-state index contributed by atoms with van der Waals surface area (Å²) in [7, 11) is 3.14. The second kappa shape index (κ2) is 8.48. The van der Waals surface area contributed by atoms with E-state index in [4.69, 9.17) is 14.5 Å². The molecule has 1 amide bonds. The average Bonchev–Trinajstić information content (AvgIpc) is 3.01. The van der Waals surface area contributed by atoms with Crippen LogP contribution in [0.3, 0.4) is 0 Å². The van der Waals surface area contributed by atoms with Gasteiger partial charge < -0.3 is 14.8 Å². The van der Waals surface area contributed by atoms with Crippen LogP contribution in [0.15, 0.2) is 58.5 Å². The number of hydrogen-bond donors (Lipinski definition) is 1. The fraction of sp³-hybridized carbons (Fsp3) is 0.286. The quantitative estimate of drug-likeness (QED) is 0.799. The molecule has 3 rings (SSSR count). The second-order valence-corrected chi connectivity index (χ2v) is 7.64. The van der Waals surface area contributed by atoms with Crippen LogP contribution in [0.1, 0.15) is 19.4 Å². The van der Waals surface area contributed by atoms with Crippen molar-refractivity contribution in [1.82, 2.24) is 0 Å². The molecule has 0 atom stereocenters. The number of rotatable bonds is 6. The van der Waals surface area contributed by atoms with E-state index in [0.717, 1.165) is 16.3 Å². The summed E-state index contributed by atoms with van der Waals surface area (Å²) in [5, 5.41) is 3.65. The Kier molecular flexibility index (Phi) is 6.04. The van der Waals surface area contributed by atoms with Gasteiger partial charge in [-0.3, -0.25) is 9.79 Å². The molecule has 0 radical (unpaired) electrons. The number of nitrogens with one attached hydrogen (secondary N) is 1. The molecule has 1 aliphatic rings. The van der Waals surface area contributed by atoms with Crippen LogP contribution in [0, 0.1) is 0 Å². The molecule has 2 aromatic carbocycles. The lowest BCUT2D eigenvalue weighted by Gasteiger charge is -2.10. The maximum Gasteiger partial charge on any atom is 0.234 e. The van der Waals surface area contributed by atoms with E-state index >= 15 is 0 Å². The largest absolute Gasteiger partial charge is 0.497 e. The van der Waals surface area contributed by atoms with E-state index in [1.807, 2.05) is 44.2 Å². The molecule has 0 unspecified atom stereocenters. The van der Waals surface area contributed by atoms with Crippen molar-refractivity contribution in [3.63, 3.8) is 0 Å². The van der Waals surface area contributed by atoms with Gasteiger partial charge in [0.05, 0.1) is 25.7 Å². The third kappa shape index (κ3) is 4.92. The van der Waals surface area contributed by atoms with Crippen molar-refractivity contribution in [2.24, 2.45) is 9.98 Å². The summed E-state index contributed by atoms with van der Waals surface area (Å²) < 4.78 is 10.5. The zero-order chi connectivity index (χ0) is 20.1. The molecule has 6 nitrogen and oxygen atoms in total.